The van der Waals surface area contributed by atoms with Crippen LogP contribution in [0.5, 0.6) is 0 Å². The summed E-state index contributed by atoms with van der Waals surface area (Å²) in [4.78, 5) is 26.8. The van der Waals surface area contributed by atoms with Gasteiger partial charge in [0.15, 0.2) is 0 Å². The maximum absolute atomic E-state index is 12.8. The molecule has 1 saturated heterocycles. The van der Waals surface area contributed by atoms with Crippen molar-refractivity contribution in [3.05, 3.63) is 41.3 Å². The molecule has 9 heteroatoms. The molecule has 0 aliphatic carbocycles. The van der Waals surface area contributed by atoms with Crippen LogP contribution in [0.15, 0.2) is 35.7 Å². The van der Waals surface area contributed by atoms with Gasteiger partial charge in [0.2, 0.25) is 21.8 Å². The number of carbonyl (C=O) groups excluding carboxylic acids is 2. The summed E-state index contributed by atoms with van der Waals surface area (Å²) in [7, 11) is -3.78. The highest BCUT2D eigenvalue weighted by Gasteiger charge is 2.28. The Kier molecular flexibility index (Phi) is 10.1. The molecule has 0 spiro atoms. The smallest absolute Gasteiger partial charge is 0.238 e. The predicted molar refractivity (Wildman–Crippen MR) is 127 cm³/mol. The lowest BCUT2D eigenvalue weighted by Gasteiger charge is -2.34. The Balaban J connectivity index is 1.96. The number of nitrogens with zero attached hydrogens (tertiary/aromatic N) is 1. The molecule has 0 aromatic heterocycles. The SMILES string of the molecule is CSCCC(NS(=O)(=O)/C=C/c1ccccc1)C(=O)NC1CCN(C(=O)C(C)C)CC1. The largest absolute Gasteiger partial charge is 0.352 e. The average molecular weight is 468 g/mol. The van der Waals surface area contributed by atoms with Gasteiger partial charge in [0, 0.05) is 30.5 Å². The van der Waals surface area contributed by atoms with Gasteiger partial charge in [-0.05, 0) is 42.9 Å². The predicted octanol–water partition coefficient (Wildman–Crippen LogP) is 2.46. The zero-order valence-corrected chi connectivity index (χ0v) is 20.0. The van der Waals surface area contributed by atoms with Crippen LogP contribution in [0.3, 0.4) is 0 Å². The maximum atomic E-state index is 12.8. The van der Waals surface area contributed by atoms with E-state index in [1.165, 1.54) is 6.08 Å². The fraction of sp³-hybridized carbons (Fsp3) is 0.545. The molecule has 2 N–H and O–H groups in total. The highest BCUT2D eigenvalue weighted by Crippen LogP contribution is 2.14. The molecule has 1 unspecified atom stereocenters. The van der Waals surface area contributed by atoms with Gasteiger partial charge in [0.1, 0.15) is 6.04 Å². The third kappa shape index (κ3) is 8.66. The van der Waals surface area contributed by atoms with Gasteiger partial charge >= 0.3 is 0 Å². The van der Waals surface area contributed by atoms with E-state index in [2.05, 4.69) is 10.0 Å². The Bertz CT molecular complexity index is 849. The Hall–Kier alpha value is -1.84. The molecule has 1 aromatic rings. The molecule has 1 aliphatic heterocycles. The Morgan fingerprint density at radius 3 is 2.42 bits per heavy atom. The Labute approximate surface area is 190 Å². The zero-order valence-electron chi connectivity index (χ0n) is 18.4. The van der Waals surface area contributed by atoms with Gasteiger partial charge in [-0.1, -0.05) is 44.2 Å². The number of benzene rings is 1. The number of amides is 2. The summed E-state index contributed by atoms with van der Waals surface area (Å²) >= 11 is 1.56. The lowest BCUT2D eigenvalue weighted by Crippen LogP contribution is -2.52. The minimum Gasteiger partial charge on any atom is -0.352 e. The fourth-order valence-corrected chi connectivity index (χ4v) is 4.87. The molecule has 1 heterocycles. The number of rotatable bonds is 10. The van der Waals surface area contributed by atoms with Crippen LogP contribution in [-0.4, -0.2) is 62.3 Å². The van der Waals surface area contributed by atoms with Crippen molar-refractivity contribution in [2.75, 3.05) is 25.1 Å². The van der Waals surface area contributed by atoms with Crippen LogP contribution >= 0.6 is 11.8 Å². The normalized spacial score (nSPS) is 16.6. The van der Waals surface area contributed by atoms with Crippen molar-refractivity contribution in [1.82, 2.24) is 14.9 Å². The molecule has 0 bridgehead atoms. The molecule has 1 fully saturated rings. The van der Waals surface area contributed by atoms with Crippen molar-refractivity contribution >= 4 is 39.7 Å². The molecule has 172 valence electrons. The Morgan fingerprint density at radius 1 is 1.19 bits per heavy atom. The van der Waals surface area contributed by atoms with Crippen LogP contribution in [0.1, 0.15) is 38.7 Å². The third-order valence-corrected chi connectivity index (χ3v) is 6.87. The van der Waals surface area contributed by atoms with E-state index in [0.717, 1.165) is 11.0 Å². The van der Waals surface area contributed by atoms with Crippen molar-refractivity contribution in [3.8, 4) is 0 Å². The van der Waals surface area contributed by atoms with Crippen LogP contribution < -0.4 is 10.0 Å². The first-order valence-electron chi connectivity index (χ1n) is 10.6. The van der Waals surface area contributed by atoms with Gasteiger partial charge in [-0.3, -0.25) is 9.59 Å². The van der Waals surface area contributed by atoms with E-state index in [1.807, 2.05) is 43.2 Å². The molecular formula is C22H33N3O4S2. The van der Waals surface area contributed by atoms with Gasteiger partial charge in [-0.15, -0.1) is 0 Å². The second-order valence-corrected chi connectivity index (χ2v) is 10.6. The molecule has 1 atom stereocenters. The van der Waals surface area contributed by atoms with Crippen molar-refractivity contribution in [1.29, 1.82) is 0 Å². The monoisotopic (exact) mass is 467 g/mol. The number of hydrogen-bond acceptors (Lipinski definition) is 5. The second-order valence-electron chi connectivity index (χ2n) is 7.97. The van der Waals surface area contributed by atoms with E-state index < -0.39 is 16.1 Å². The topological polar surface area (TPSA) is 95.6 Å². The van der Waals surface area contributed by atoms with Crippen LogP contribution in [0, 0.1) is 5.92 Å². The number of sulfonamides is 1. The van der Waals surface area contributed by atoms with Gasteiger partial charge in [-0.2, -0.15) is 16.5 Å². The quantitative estimate of drug-likeness (QED) is 0.551. The van der Waals surface area contributed by atoms with Crippen LogP contribution in [0.4, 0.5) is 0 Å². The fourth-order valence-electron chi connectivity index (χ4n) is 3.36. The summed E-state index contributed by atoms with van der Waals surface area (Å²) in [6, 6.07) is 8.22. The van der Waals surface area contributed by atoms with E-state index in [0.29, 0.717) is 38.1 Å². The van der Waals surface area contributed by atoms with E-state index in [4.69, 9.17) is 0 Å². The summed E-state index contributed by atoms with van der Waals surface area (Å²) in [5.74, 6) is 0.421. The average Bonchev–Trinajstić information content (AvgIpc) is 2.76. The van der Waals surface area contributed by atoms with Crippen molar-refractivity contribution < 1.29 is 18.0 Å². The number of piperidine rings is 1. The highest BCUT2D eigenvalue weighted by atomic mass is 32.2. The number of thioether (sulfide) groups is 1. The molecule has 0 radical (unpaired) electrons. The molecule has 0 saturated carbocycles. The molecule has 2 amide bonds. The highest BCUT2D eigenvalue weighted by molar-refractivity contribution is 7.98. The molecule has 1 aromatic carbocycles. The van der Waals surface area contributed by atoms with E-state index in [-0.39, 0.29) is 23.8 Å². The molecule has 2 rings (SSSR count). The number of likely N-dealkylation sites (tertiary alicyclic amines) is 1. The standard InChI is InChI=1S/C22H33N3O4S2/c1-17(2)22(27)25-13-9-19(10-14-25)23-21(26)20(11-15-30-3)24-31(28,29)16-12-18-7-5-4-6-8-18/h4-8,12,16-17,19-20,24H,9-11,13-15H2,1-3H3,(H,23,26)/b16-12+. The summed E-state index contributed by atoms with van der Waals surface area (Å²) in [6.45, 7) is 4.96. The maximum Gasteiger partial charge on any atom is 0.238 e. The first kappa shape index (κ1) is 25.4. The van der Waals surface area contributed by atoms with Crippen LogP contribution in [0.2, 0.25) is 0 Å². The minimum atomic E-state index is -3.78. The summed E-state index contributed by atoms with van der Waals surface area (Å²) in [5.41, 5.74) is 0.765. The summed E-state index contributed by atoms with van der Waals surface area (Å²) in [6.07, 6.45) is 5.16. The number of hydrogen-bond donors (Lipinski definition) is 2. The first-order valence-corrected chi connectivity index (χ1v) is 13.5. The third-order valence-electron chi connectivity index (χ3n) is 5.12. The minimum absolute atomic E-state index is 0.0413. The lowest BCUT2D eigenvalue weighted by atomic mass is 10.0. The second kappa shape index (κ2) is 12.3. The van der Waals surface area contributed by atoms with E-state index >= 15 is 0 Å². The van der Waals surface area contributed by atoms with Crippen molar-refractivity contribution in [3.63, 3.8) is 0 Å². The lowest BCUT2D eigenvalue weighted by molar-refractivity contribution is -0.135. The zero-order chi connectivity index (χ0) is 22.9. The molecule has 1 aliphatic rings. The molecule has 31 heavy (non-hydrogen) atoms. The van der Waals surface area contributed by atoms with E-state index in [9.17, 15) is 18.0 Å². The summed E-state index contributed by atoms with van der Waals surface area (Å²) in [5, 5.41) is 4.07. The van der Waals surface area contributed by atoms with Crippen LogP contribution in [-0.2, 0) is 19.6 Å². The number of nitrogens with one attached hydrogen (secondary N) is 2. The summed E-state index contributed by atoms with van der Waals surface area (Å²) < 4.78 is 27.6. The van der Waals surface area contributed by atoms with Gasteiger partial charge in [-0.25, -0.2) is 8.42 Å². The molecule has 7 nitrogen and oxygen atoms in total. The number of carbonyl (C=O) groups is 2. The van der Waals surface area contributed by atoms with Gasteiger partial charge in [0.25, 0.3) is 0 Å². The van der Waals surface area contributed by atoms with E-state index in [1.54, 1.807) is 23.9 Å². The molecular weight excluding hydrogens is 434 g/mol. The van der Waals surface area contributed by atoms with Gasteiger partial charge in [0.05, 0.1) is 0 Å². The first-order chi connectivity index (χ1) is 14.7. The van der Waals surface area contributed by atoms with Crippen molar-refractivity contribution in [2.45, 2.75) is 45.2 Å². The van der Waals surface area contributed by atoms with Crippen LogP contribution in [0.25, 0.3) is 6.08 Å². The van der Waals surface area contributed by atoms with Gasteiger partial charge < -0.3 is 10.2 Å². The van der Waals surface area contributed by atoms with Crippen molar-refractivity contribution in [2.24, 2.45) is 5.92 Å². The Morgan fingerprint density at radius 2 is 1.84 bits per heavy atom.